The summed E-state index contributed by atoms with van der Waals surface area (Å²) < 4.78 is 43.9. The molecule has 1 aliphatic rings. The van der Waals surface area contributed by atoms with E-state index in [1.165, 1.54) is 12.1 Å². The number of benzene rings is 3. The van der Waals surface area contributed by atoms with Crippen LogP contribution in [-0.2, 0) is 21.4 Å². The molecule has 0 aliphatic carbocycles. The molecule has 2 heterocycles. The Morgan fingerprint density at radius 3 is 2.61 bits per heavy atom. The number of aryl methyl sites for hydroxylation is 2. The number of amides is 2. The molecule has 3 aromatic carbocycles. The molecule has 4 aromatic rings. The van der Waals surface area contributed by atoms with Gasteiger partial charge in [-0.15, -0.1) is 0 Å². The van der Waals surface area contributed by atoms with Gasteiger partial charge in [-0.1, -0.05) is 30.3 Å². The zero-order valence-corrected chi connectivity index (χ0v) is 21.7. The van der Waals surface area contributed by atoms with Gasteiger partial charge in [-0.05, 0) is 66.9 Å². The number of nitrogens with zero attached hydrogens (tertiary/aromatic N) is 1. The van der Waals surface area contributed by atoms with Crippen LogP contribution in [0.2, 0.25) is 0 Å². The van der Waals surface area contributed by atoms with E-state index in [9.17, 15) is 22.4 Å². The number of sulfonamides is 1. The number of carbonyl (C=O) groups excluding carboxylic acids is 2. The van der Waals surface area contributed by atoms with Crippen molar-refractivity contribution in [1.29, 1.82) is 0 Å². The molecular formula is C28H27FN4O4S. The standard InChI is InChI=1S/C28H27FN4O4S/c1-17-5-3-4-6-19(17)15-30-27(34)13-22-16-31-28(35)26-12-20-11-21(8-10-25(20)33(22)26)32-38(36,37)23-9-7-18(2)24(29)14-23/h3-12,14,22,32H,13,15-16H2,1-2H3,(H,30,34)(H,31,35). The molecular weight excluding hydrogens is 507 g/mol. The van der Waals surface area contributed by atoms with Crippen LogP contribution in [-0.4, -0.2) is 31.3 Å². The molecule has 2 amide bonds. The minimum Gasteiger partial charge on any atom is -0.352 e. The van der Waals surface area contributed by atoms with Crippen LogP contribution in [0.1, 0.15) is 39.6 Å². The van der Waals surface area contributed by atoms with Crippen LogP contribution in [0, 0.1) is 19.7 Å². The van der Waals surface area contributed by atoms with Crippen LogP contribution >= 0.6 is 0 Å². The Bertz CT molecular complexity index is 1680. The number of nitrogens with one attached hydrogen (secondary N) is 3. The lowest BCUT2D eigenvalue weighted by Crippen LogP contribution is -2.40. The summed E-state index contributed by atoms with van der Waals surface area (Å²) in [4.78, 5) is 25.2. The van der Waals surface area contributed by atoms with Gasteiger partial charge >= 0.3 is 0 Å². The van der Waals surface area contributed by atoms with Crippen molar-refractivity contribution in [2.24, 2.45) is 0 Å². The Balaban J connectivity index is 1.37. The predicted molar refractivity (Wildman–Crippen MR) is 143 cm³/mol. The Kier molecular flexibility index (Phi) is 6.66. The lowest BCUT2D eigenvalue weighted by atomic mass is 10.1. The lowest BCUT2D eigenvalue weighted by Gasteiger charge is -2.27. The fourth-order valence-electron chi connectivity index (χ4n) is 4.67. The smallest absolute Gasteiger partial charge is 0.268 e. The first-order valence-corrected chi connectivity index (χ1v) is 13.6. The number of rotatable bonds is 7. The van der Waals surface area contributed by atoms with Crippen molar-refractivity contribution in [3.05, 3.63) is 94.9 Å². The van der Waals surface area contributed by atoms with E-state index in [1.807, 2.05) is 35.8 Å². The van der Waals surface area contributed by atoms with Gasteiger partial charge in [0.25, 0.3) is 15.9 Å². The predicted octanol–water partition coefficient (Wildman–Crippen LogP) is 4.19. The maximum absolute atomic E-state index is 13.9. The maximum Gasteiger partial charge on any atom is 0.268 e. The highest BCUT2D eigenvalue weighted by Crippen LogP contribution is 2.31. The SMILES string of the molecule is Cc1ccc(S(=O)(=O)Nc2ccc3c(c2)cc2n3C(CC(=O)NCc3ccccc3C)CNC2=O)cc1F. The monoisotopic (exact) mass is 534 g/mol. The Morgan fingerprint density at radius 1 is 1.05 bits per heavy atom. The summed E-state index contributed by atoms with van der Waals surface area (Å²) in [6.45, 7) is 4.25. The third-order valence-corrected chi connectivity index (χ3v) is 8.18. The van der Waals surface area contributed by atoms with Gasteiger partial charge in [0.15, 0.2) is 0 Å². The van der Waals surface area contributed by atoms with Crippen molar-refractivity contribution in [3.63, 3.8) is 0 Å². The normalized spacial score (nSPS) is 15.1. The number of fused-ring (bicyclic) bond motifs is 3. The van der Waals surface area contributed by atoms with Crippen molar-refractivity contribution in [3.8, 4) is 0 Å². The topological polar surface area (TPSA) is 109 Å². The molecule has 1 atom stereocenters. The van der Waals surface area contributed by atoms with Gasteiger partial charge in [0.05, 0.1) is 10.9 Å². The number of anilines is 1. The van der Waals surface area contributed by atoms with Gasteiger partial charge in [-0.25, -0.2) is 12.8 Å². The van der Waals surface area contributed by atoms with Crippen LogP contribution < -0.4 is 15.4 Å². The Morgan fingerprint density at radius 2 is 1.84 bits per heavy atom. The molecule has 196 valence electrons. The molecule has 10 heteroatoms. The second-order valence-electron chi connectivity index (χ2n) is 9.46. The first kappa shape index (κ1) is 25.5. The van der Waals surface area contributed by atoms with E-state index in [1.54, 1.807) is 31.2 Å². The van der Waals surface area contributed by atoms with E-state index >= 15 is 0 Å². The number of aromatic nitrogens is 1. The van der Waals surface area contributed by atoms with E-state index in [-0.39, 0.29) is 34.9 Å². The van der Waals surface area contributed by atoms with Gasteiger partial charge < -0.3 is 15.2 Å². The van der Waals surface area contributed by atoms with E-state index in [0.29, 0.717) is 35.2 Å². The third kappa shape index (κ3) is 4.99. The quantitative estimate of drug-likeness (QED) is 0.330. The van der Waals surface area contributed by atoms with Crippen LogP contribution in [0.5, 0.6) is 0 Å². The molecule has 3 N–H and O–H groups in total. The third-order valence-electron chi connectivity index (χ3n) is 6.80. The summed E-state index contributed by atoms with van der Waals surface area (Å²) in [7, 11) is -4.02. The zero-order valence-electron chi connectivity index (χ0n) is 20.9. The molecule has 8 nitrogen and oxygen atoms in total. The highest BCUT2D eigenvalue weighted by atomic mass is 32.2. The first-order chi connectivity index (χ1) is 18.1. The minimum absolute atomic E-state index is 0.142. The summed E-state index contributed by atoms with van der Waals surface area (Å²) in [5, 5.41) is 6.43. The van der Waals surface area contributed by atoms with E-state index in [4.69, 9.17) is 0 Å². The first-order valence-electron chi connectivity index (χ1n) is 12.2. The van der Waals surface area contributed by atoms with Gasteiger partial charge in [-0.2, -0.15) is 0 Å². The Hall–Kier alpha value is -4.18. The van der Waals surface area contributed by atoms with Crippen molar-refractivity contribution >= 4 is 38.4 Å². The number of hydrogen-bond donors (Lipinski definition) is 3. The molecule has 0 radical (unpaired) electrons. The highest BCUT2D eigenvalue weighted by molar-refractivity contribution is 7.92. The van der Waals surface area contributed by atoms with E-state index < -0.39 is 15.8 Å². The van der Waals surface area contributed by atoms with E-state index in [2.05, 4.69) is 15.4 Å². The maximum atomic E-state index is 13.9. The fourth-order valence-corrected chi connectivity index (χ4v) is 5.73. The summed E-state index contributed by atoms with van der Waals surface area (Å²) >= 11 is 0. The molecule has 1 aromatic heterocycles. The molecule has 5 rings (SSSR count). The van der Waals surface area contributed by atoms with Gasteiger partial charge in [0.2, 0.25) is 5.91 Å². The van der Waals surface area contributed by atoms with Crippen molar-refractivity contribution in [2.75, 3.05) is 11.3 Å². The molecule has 1 unspecified atom stereocenters. The number of carbonyl (C=O) groups is 2. The van der Waals surface area contributed by atoms with Gasteiger partial charge in [-0.3, -0.25) is 14.3 Å². The van der Waals surface area contributed by atoms with Crippen LogP contribution in [0.15, 0.2) is 71.6 Å². The van der Waals surface area contributed by atoms with Crippen LogP contribution in [0.25, 0.3) is 10.9 Å². The average Bonchev–Trinajstić information content (AvgIpc) is 3.26. The van der Waals surface area contributed by atoms with Crippen LogP contribution in [0.3, 0.4) is 0 Å². The fraction of sp³-hybridized carbons (Fsp3) is 0.214. The lowest BCUT2D eigenvalue weighted by molar-refractivity contribution is -0.122. The Labute approximate surface area is 219 Å². The van der Waals surface area contributed by atoms with Crippen molar-refractivity contribution in [1.82, 2.24) is 15.2 Å². The minimum atomic E-state index is -4.02. The van der Waals surface area contributed by atoms with Crippen LogP contribution in [0.4, 0.5) is 10.1 Å². The molecule has 1 aliphatic heterocycles. The average molecular weight is 535 g/mol. The number of halogens is 1. The molecule has 0 fully saturated rings. The van der Waals surface area contributed by atoms with Gasteiger partial charge in [0.1, 0.15) is 11.5 Å². The highest BCUT2D eigenvalue weighted by Gasteiger charge is 2.29. The second-order valence-corrected chi connectivity index (χ2v) is 11.1. The number of hydrogen-bond acceptors (Lipinski definition) is 4. The molecule has 0 bridgehead atoms. The summed E-state index contributed by atoms with van der Waals surface area (Å²) in [5.74, 6) is -1.02. The van der Waals surface area contributed by atoms with E-state index in [0.717, 1.165) is 17.2 Å². The van der Waals surface area contributed by atoms with Crippen molar-refractivity contribution < 1.29 is 22.4 Å². The molecule has 38 heavy (non-hydrogen) atoms. The second kappa shape index (κ2) is 9.94. The summed E-state index contributed by atoms with van der Waals surface area (Å²) in [5.41, 5.74) is 3.85. The summed E-state index contributed by atoms with van der Waals surface area (Å²) in [6, 6.07) is 17.8. The zero-order chi connectivity index (χ0) is 27.0. The van der Waals surface area contributed by atoms with Gasteiger partial charge in [0, 0.05) is 36.1 Å². The van der Waals surface area contributed by atoms with Crippen molar-refractivity contribution in [2.45, 2.75) is 37.8 Å². The molecule has 0 saturated carbocycles. The largest absolute Gasteiger partial charge is 0.352 e. The molecule has 0 saturated heterocycles. The summed E-state index contributed by atoms with van der Waals surface area (Å²) in [6.07, 6.45) is 0.163. The molecule has 0 spiro atoms.